The van der Waals surface area contributed by atoms with Gasteiger partial charge in [0.1, 0.15) is 0 Å². The van der Waals surface area contributed by atoms with Gasteiger partial charge >= 0.3 is 0 Å². The molecule has 0 aromatic heterocycles. The summed E-state index contributed by atoms with van der Waals surface area (Å²) < 4.78 is 5.23. The maximum atomic E-state index is 11.3. The quantitative estimate of drug-likeness (QED) is 0.470. The molecule has 3 heteroatoms. The molecule has 2 unspecified atom stereocenters. The predicted molar refractivity (Wildman–Crippen MR) is 35.5 cm³/mol. The van der Waals surface area contributed by atoms with Crippen LogP contribution in [0.2, 0.25) is 0 Å². The second-order valence-electron chi connectivity index (χ2n) is 3.30. The second kappa shape index (κ2) is 1.53. The molecule has 0 bridgehead atoms. The van der Waals surface area contributed by atoms with E-state index in [0.29, 0.717) is 5.92 Å². The molecule has 2 fully saturated rings. The van der Waals surface area contributed by atoms with Crippen molar-refractivity contribution in [2.45, 2.75) is 12.5 Å². The molecule has 1 amide bonds. The molecule has 2 aliphatic rings. The van der Waals surface area contributed by atoms with Crippen LogP contribution in [0.4, 0.5) is 0 Å². The Balaban J connectivity index is 2.28. The lowest BCUT2D eigenvalue weighted by Gasteiger charge is -2.38. The fourth-order valence-corrected chi connectivity index (χ4v) is 1.71. The molecule has 2 atom stereocenters. The zero-order chi connectivity index (χ0) is 7.35. The van der Waals surface area contributed by atoms with E-state index in [0.717, 1.165) is 13.2 Å². The van der Waals surface area contributed by atoms with Crippen LogP contribution in [0.1, 0.15) is 6.92 Å². The van der Waals surface area contributed by atoms with Gasteiger partial charge in [-0.25, -0.2) is 0 Å². The maximum absolute atomic E-state index is 11.3. The lowest BCUT2D eigenvalue weighted by atomic mass is 9.87. The summed E-state index contributed by atoms with van der Waals surface area (Å²) in [6.07, 6.45) is 0. The molecule has 10 heavy (non-hydrogen) atoms. The summed E-state index contributed by atoms with van der Waals surface area (Å²) in [6.45, 7) is 3.51. The summed E-state index contributed by atoms with van der Waals surface area (Å²) in [4.78, 5) is 13.0. The van der Waals surface area contributed by atoms with E-state index in [2.05, 4.69) is 0 Å². The molecule has 0 aliphatic carbocycles. The first-order valence-corrected chi connectivity index (χ1v) is 3.54. The summed E-state index contributed by atoms with van der Waals surface area (Å²) >= 11 is 0. The van der Waals surface area contributed by atoms with Crippen LogP contribution < -0.4 is 0 Å². The topological polar surface area (TPSA) is 29.5 Å². The van der Waals surface area contributed by atoms with Gasteiger partial charge in [0.05, 0.1) is 6.61 Å². The van der Waals surface area contributed by atoms with Crippen LogP contribution >= 0.6 is 0 Å². The van der Waals surface area contributed by atoms with E-state index in [1.807, 2.05) is 14.0 Å². The van der Waals surface area contributed by atoms with E-state index in [-0.39, 0.29) is 5.91 Å². The van der Waals surface area contributed by atoms with Crippen molar-refractivity contribution in [1.82, 2.24) is 4.90 Å². The Morgan fingerprint density at radius 2 is 2.50 bits per heavy atom. The van der Waals surface area contributed by atoms with Gasteiger partial charge in [0, 0.05) is 19.5 Å². The minimum absolute atomic E-state index is 0.142. The number of hydrogen-bond donors (Lipinski definition) is 0. The van der Waals surface area contributed by atoms with Crippen molar-refractivity contribution in [1.29, 1.82) is 0 Å². The van der Waals surface area contributed by atoms with Crippen LogP contribution in [0.3, 0.4) is 0 Å². The third kappa shape index (κ3) is 0.475. The lowest BCUT2D eigenvalue weighted by Crippen LogP contribution is -2.53. The van der Waals surface area contributed by atoms with Gasteiger partial charge in [-0.1, -0.05) is 0 Å². The minimum Gasteiger partial charge on any atom is -0.364 e. The van der Waals surface area contributed by atoms with Gasteiger partial charge in [-0.2, -0.15) is 0 Å². The first kappa shape index (κ1) is 6.16. The van der Waals surface area contributed by atoms with Gasteiger partial charge in [-0.3, -0.25) is 4.79 Å². The van der Waals surface area contributed by atoms with E-state index in [1.54, 1.807) is 4.90 Å². The lowest BCUT2D eigenvalue weighted by molar-refractivity contribution is -0.183. The van der Waals surface area contributed by atoms with Crippen molar-refractivity contribution < 1.29 is 9.53 Å². The largest absolute Gasteiger partial charge is 0.364 e. The Kier molecular flexibility index (Phi) is 0.944. The van der Waals surface area contributed by atoms with Gasteiger partial charge in [0.25, 0.3) is 5.91 Å². The van der Waals surface area contributed by atoms with Crippen LogP contribution in [0.5, 0.6) is 0 Å². The first-order chi connectivity index (χ1) is 4.64. The average molecular weight is 141 g/mol. The summed E-state index contributed by atoms with van der Waals surface area (Å²) in [5, 5.41) is 0. The number of carbonyl (C=O) groups is 1. The molecule has 0 saturated carbocycles. The Labute approximate surface area is 60.0 Å². The third-order valence-electron chi connectivity index (χ3n) is 2.63. The highest BCUT2D eigenvalue weighted by Gasteiger charge is 2.57. The minimum atomic E-state index is -0.450. The number of ether oxygens (including phenoxy) is 1. The van der Waals surface area contributed by atoms with Crippen molar-refractivity contribution in [3.8, 4) is 0 Å². The molecule has 0 spiro atoms. The van der Waals surface area contributed by atoms with Crippen molar-refractivity contribution in [2.75, 3.05) is 20.2 Å². The highest BCUT2D eigenvalue weighted by molar-refractivity contribution is 5.88. The number of nitrogens with zero attached hydrogens (tertiary/aromatic N) is 1. The number of hydrogen-bond acceptors (Lipinski definition) is 2. The molecular weight excluding hydrogens is 130 g/mol. The Morgan fingerprint density at radius 1 is 1.80 bits per heavy atom. The van der Waals surface area contributed by atoms with Gasteiger partial charge in [-0.05, 0) is 6.92 Å². The number of rotatable bonds is 0. The normalized spacial score (nSPS) is 45.2. The molecule has 2 rings (SSSR count). The summed E-state index contributed by atoms with van der Waals surface area (Å²) in [5.74, 6) is 0.591. The molecule has 0 aromatic rings. The van der Waals surface area contributed by atoms with Gasteiger partial charge < -0.3 is 9.64 Å². The van der Waals surface area contributed by atoms with Crippen molar-refractivity contribution in [3.05, 3.63) is 0 Å². The molecule has 3 nitrogen and oxygen atoms in total. The maximum Gasteiger partial charge on any atom is 0.254 e. The first-order valence-electron chi connectivity index (χ1n) is 3.54. The SMILES string of the molecule is CN1CC2COC2(C)C1=O. The van der Waals surface area contributed by atoms with Crippen LogP contribution in [0.15, 0.2) is 0 Å². The zero-order valence-electron chi connectivity index (χ0n) is 6.26. The number of carbonyl (C=O) groups excluding carboxylic acids is 1. The van der Waals surface area contributed by atoms with Crippen LogP contribution in [-0.4, -0.2) is 36.6 Å². The van der Waals surface area contributed by atoms with Gasteiger partial charge in [-0.15, -0.1) is 0 Å². The molecule has 0 radical (unpaired) electrons. The molecular formula is C7H11NO2. The number of fused-ring (bicyclic) bond motifs is 1. The van der Waals surface area contributed by atoms with Crippen LogP contribution in [-0.2, 0) is 9.53 Å². The molecule has 2 aliphatic heterocycles. The highest BCUT2D eigenvalue weighted by atomic mass is 16.5. The fraction of sp³-hybridized carbons (Fsp3) is 0.857. The monoisotopic (exact) mass is 141 g/mol. The smallest absolute Gasteiger partial charge is 0.254 e. The molecule has 0 N–H and O–H groups in total. The van der Waals surface area contributed by atoms with Gasteiger partial charge in [0.2, 0.25) is 0 Å². The number of likely N-dealkylation sites (N-methyl/N-ethyl adjacent to an activating group) is 1. The number of amides is 1. The zero-order valence-corrected chi connectivity index (χ0v) is 6.26. The van der Waals surface area contributed by atoms with Crippen LogP contribution in [0, 0.1) is 5.92 Å². The summed E-state index contributed by atoms with van der Waals surface area (Å²) in [7, 11) is 1.83. The van der Waals surface area contributed by atoms with Crippen LogP contribution in [0.25, 0.3) is 0 Å². The van der Waals surface area contributed by atoms with E-state index in [1.165, 1.54) is 0 Å². The average Bonchev–Trinajstić information content (AvgIpc) is 2.03. The molecule has 0 aromatic carbocycles. The number of likely N-dealkylation sites (tertiary alicyclic amines) is 1. The highest BCUT2D eigenvalue weighted by Crippen LogP contribution is 2.39. The Bertz CT molecular complexity index is 192. The van der Waals surface area contributed by atoms with Gasteiger partial charge in [0.15, 0.2) is 5.60 Å². The van der Waals surface area contributed by atoms with E-state index >= 15 is 0 Å². The Hall–Kier alpha value is -0.570. The third-order valence-corrected chi connectivity index (χ3v) is 2.63. The van der Waals surface area contributed by atoms with Crippen molar-refractivity contribution in [3.63, 3.8) is 0 Å². The molecule has 2 saturated heterocycles. The van der Waals surface area contributed by atoms with E-state index < -0.39 is 5.60 Å². The van der Waals surface area contributed by atoms with E-state index in [4.69, 9.17) is 4.74 Å². The fourth-order valence-electron chi connectivity index (χ4n) is 1.71. The second-order valence-corrected chi connectivity index (χ2v) is 3.30. The van der Waals surface area contributed by atoms with E-state index in [9.17, 15) is 4.79 Å². The summed E-state index contributed by atoms with van der Waals surface area (Å²) in [6, 6.07) is 0. The Morgan fingerprint density at radius 3 is 2.70 bits per heavy atom. The predicted octanol–water partition coefficient (Wildman–Crippen LogP) is -0.137. The molecule has 2 heterocycles. The van der Waals surface area contributed by atoms with Crippen molar-refractivity contribution >= 4 is 5.91 Å². The molecule has 56 valence electrons. The standard InChI is InChI=1S/C7H11NO2/c1-7-5(4-10-7)3-8(2)6(7)9/h5H,3-4H2,1-2H3. The summed E-state index contributed by atoms with van der Waals surface area (Å²) in [5.41, 5.74) is -0.450. The van der Waals surface area contributed by atoms with Crippen molar-refractivity contribution in [2.24, 2.45) is 5.92 Å².